The van der Waals surface area contributed by atoms with Crippen LogP contribution < -0.4 is 15.2 Å². The van der Waals surface area contributed by atoms with Crippen molar-refractivity contribution in [2.24, 2.45) is 0 Å². The van der Waals surface area contributed by atoms with E-state index in [1.54, 1.807) is 24.3 Å². The molecule has 21 heavy (non-hydrogen) atoms. The van der Waals surface area contributed by atoms with Crippen molar-refractivity contribution in [1.29, 1.82) is 0 Å². The van der Waals surface area contributed by atoms with Crippen molar-refractivity contribution < 1.29 is 13.2 Å². The molecule has 2 rings (SSSR count). The van der Waals surface area contributed by atoms with E-state index >= 15 is 0 Å². The van der Waals surface area contributed by atoms with Crippen LogP contribution in [0.5, 0.6) is 5.75 Å². The van der Waals surface area contributed by atoms with Crippen LogP contribution in [0.15, 0.2) is 41.3 Å². The lowest BCUT2D eigenvalue weighted by atomic mass is 10.2. The maximum absolute atomic E-state index is 12.4. The predicted octanol–water partition coefficient (Wildman–Crippen LogP) is 3.04. The fraction of sp³-hybridized carbons (Fsp3) is 0.143. The Balaban J connectivity index is 2.42. The van der Waals surface area contributed by atoms with Gasteiger partial charge in [-0.15, -0.1) is 0 Å². The zero-order chi connectivity index (χ0) is 15.6. The Kier molecular flexibility index (Phi) is 4.29. The molecule has 0 aliphatic heterocycles. The van der Waals surface area contributed by atoms with Crippen molar-refractivity contribution in [3.63, 3.8) is 0 Å². The molecule has 0 atom stereocenters. The lowest BCUT2D eigenvalue weighted by Crippen LogP contribution is -2.14. The van der Waals surface area contributed by atoms with Crippen molar-refractivity contribution in [1.82, 2.24) is 0 Å². The van der Waals surface area contributed by atoms with E-state index in [9.17, 15) is 8.42 Å². The molecule has 0 amide bonds. The first-order valence-electron chi connectivity index (χ1n) is 6.06. The van der Waals surface area contributed by atoms with E-state index in [1.807, 2.05) is 6.92 Å². The van der Waals surface area contributed by atoms with E-state index in [-0.39, 0.29) is 15.6 Å². The average Bonchev–Trinajstić information content (AvgIpc) is 2.40. The second kappa shape index (κ2) is 5.83. The summed E-state index contributed by atoms with van der Waals surface area (Å²) < 4.78 is 32.3. The van der Waals surface area contributed by atoms with Crippen molar-refractivity contribution >= 4 is 33.0 Å². The number of sulfonamides is 1. The first-order valence-corrected chi connectivity index (χ1v) is 7.92. The van der Waals surface area contributed by atoms with Crippen LogP contribution in [0.3, 0.4) is 0 Å². The van der Waals surface area contributed by atoms with Gasteiger partial charge in [0.05, 0.1) is 23.5 Å². The summed E-state index contributed by atoms with van der Waals surface area (Å²) in [5.41, 5.74) is 7.19. The summed E-state index contributed by atoms with van der Waals surface area (Å²) in [7, 11) is -2.34. The molecule has 7 heteroatoms. The molecule has 112 valence electrons. The van der Waals surface area contributed by atoms with Crippen LogP contribution in [0.2, 0.25) is 5.02 Å². The monoisotopic (exact) mass is 326 g/mol. The maximum Gasteiger partial charge on any atom is 0.263 e. The first kappa shape index (κ1) is 15.5. The lowest BCUT2D eigenvalue weighted by Gasteiger charge is -2.12. The molecule has 2 aromatic rings. The molecule has 0 spiro atoms. The van der Waals surface area contributed by atoms with Crippen LogP contribution in [-0.4, -0.2) is 15.5 Å². The van der Waals surface area contributed by atoms with Gasteiger partial charge >= 0.3 is 0 Å². The van der Waals surface area contributed by atoms with Crippen LogP contribution in [-0.2, 0) is 10.0 Å². The second-order valence-corrected chi connectivity index (χ2v) is 6.55. The average molecular weight is 327 g/mol. The fourth-order valence-electron chi connectivity index (χ4n) is 1.77. The van der Waals surface area contributed by atoms with Crippen LogP contribution >= 0.6 is 11.6 Å². The van der Waals surface area contributed by atoms with E-state index in [2.05, 4.69) is 4.72 Å². The third kappa shape index (κ3) is 3.40. The van der Waals surface area contributed by atoms with Crippen LogP contribution in [0.1, 0.15) is 5.56 Å². The summed E-state index contributed by atoms with van der Waals surface area (Å²) in [6.45, 7) is 1.83. The van der Waals surface area contributed by atoms with Gasteiger partial charge < -0.3 is 10.5 Å². The van der Waals surface area contributed by atoms with Crippen LogP contribution in [0.25, 0.3) is 0 Å². The van der Waals surface area contributed by atoms with Gasteiger partial charge in [-0.1, -0.05) is 17.7 Å². The molecule has 2 aromatic carbocycles. The summed E-state index contributed by atoms with van der Waals surface area (Å²) in [6.07, 6.45) is 0. The van der Waals surface area contributed by atoms with Crippen molar-refractivity contribution in [3.05, 3.63) is 47.0 Å². The van der Waals surface area contributed by atoms with Crippen molar-refractivity contribution in [2.45, 2.75) is 11.8 Å². The summed E-state index contributed by atoms with van der Waals surface area (Å²) in [6, 6.07) is 9.44. The molecule has 0 aliphatic carbocycles. The van der Waals surface area contributed by atoms with E-state index in [1.165, 1.54) is 19.2 Å². The Bertz CT molecular complexity index is 776. The second-order valence-electron chi connectivity index (χ2n) is 4.49. The number of anilines is 2. The van der Waals surface area contributed by atoms with Gasteiger partial charge in [0.15, 0.2) is 0 Å². The van der Waals surface area contributed by atoms with E-state index < -0.39 is 10.0 Å². The minimum absolute atomic E-state index is 0.00279. The number of hydrogen-bond donors (Lipinski definition) is 2. The molecule has 0 fully saturated rings. The van der Waals surface area contributed by atoms with Crippen molar-refractivity contribution in [2.75, 3.05) is 17.6 Å². The first-order chi connectivity index (χ1) is 9.83. The van der Waals surface area contributed by atoms with E-state index in [0.717, 1.165) is 5.56 Å². The fourth-order valence-corrected chi connectivity index (χ4v) is 3.45. The highest BCUT2D eigenvalue weighted by Crippen LogP contribution is 2.29. The molecular formula is C14H15ClN2O3S. The van der Waals surface area contributed by atoms with Gasteiger partial charge in [-0.25, -0.2) is 8.42 Å². The molecule has 0 heterocycles. The smallest absolute Gasteiger partial charge is 0.263 e. The Morgan fingerprint density at radius 3 is 2.52 bits per heavy atom. The highest BCUT2D eigenvalue weighted by molar-refractivity contribution is 7.92. The molecule has 0 unspecified atom stereocenters. The Morgan fingerprint density at radius 1 is 1.19 bits per heavy atom. The topological polar surface area (TPSA) is 81.4 Å². The third-order valence-electron chi connectivity index (χ3n) is 2.88. The van der Waals surface area contributed by atoms with Gasteiger partial charge in [-0.2, -0.15) is 0 Å². The molecule has 3 N–H and O–H groups in total. The van der Waals surface area contributed by atoms with Crippen LogP contribution in [0, 0.1) is 6.92 Å². The van der Waals surface area contributed by atoms with Gasteiger partial charge in [0.1, 0.15) is 10.6 Å². The number of aryl methyl sites for hydroxylation is 1. The number of nitrogen functional groups attached to an aromatic ring is 1. The molecular weight excluding hydrogens is 312 g/mol. The van der Waals surface area contributed by atoms with Crippen LogP contribution in [0.4, 0.5) is 11.4 Å². The van der Waals surface area contributed by atoms with E-state index in [4.69, 9.17) is 22.1 Å². The van der Waals surface area contributed by atoms with Gasteiger partial charge in [-0.3, -0.25) is 4.72 Å². The third-order valence-corrected chi connectivity index (χ3v) is 4.73. The summed E-state index contributed by atoms with van der Waals surface area (Å²) in [5.74, 6) is 0.497. The summed E-state index contributed by atoms with van der Waals surface area (Å²) in [5, 5.41) is 0.156. The zero-order valence-electron chi connectivity index (χ0n) is 11.6. The molecule has 5 nitrogen and oxygen atoms in total. The summed E-state index contributed by atoms with van der Waals surface area (Å²) in [4.78, 5) is -0.00279. The normalized spacial score (nSPS) is 11.2. The highest BCUT2D eigenvalue weighted by Gasteiger charge is 2.19. The number of nitrogens with two attached hydrogens (primary N) is 1. The Hall–Kier alpha value is -1.92. The minimum atomic E-state index is -3.83. The van der Waals surface area contributed by atoms with E-state index in [0.29, 0.717) is 11.4 Å². The molecule has 0 aromatic heterocycles. The molecule has 0 bridgehead atoms. The lowest BCUT2D eigenvalue weighted by molar-refractivity contribution is 0.415. The molecule has 0 saturated carbocycles. The zero-order valence-corrected chi connectivity index (χ0v) is 13.1. The standard InChI is InChI=1S/C14H15ClN2O3S/c1-9-3-6-14(11(15)7-9)21(18,19)17-13-8-10(20-2)4-5-12(13)16/h3-8,17H,16H2,1-2H3. The number of ether oxygens (including phenoxy) is 1. The molecule has 0 saturated heterocycles. The van der Waals surface area contributed by atoms with Gasteiger partial charge in [0.2, 0.25) is 0 Å². The molecule has 0 aliphatic rings. The number of hydrogen-bond acceptors (Lipinski definition) is 4. The maximum atomic E-state index is 12.4. The number of halogens is 1. The Labute approximate surface area is 128 Å². The van der Waals surface area contributed by atoms with Gasteiger partial charge in [-0.05, 0) is 36.8 Å². The van der Waals surface area contributed by atoms with Crippen molar-refractivity contribution in [3.8, 4) is 5.75 Å². The molecule has 0 radical (unpaired) electrons. The minimum Gasteiger partial charge on any atom is -0.497 e. The SMILES string of the molecule is COc1ccc(N)c(NS(=O)(=O)c2ccc(C)cc2Cl)c1. The number of methoxy groups -OCH3 is 1. The largest absolute Gasteiger partial charge is 0.497 e. The number of nitrogens with one attached hydrogen (secondary N) is 1. The number of rotatable bonds is 4. The number of benzene rings is 2. The van der Waals surface area contributed by atoms with Gasteiger partial charge in [0, 0.05) is 6.07 Å². The predicted molar refractivity (Wildman–Crippen MR) is 84.4 cm³/mol. The van der Waals surface area contributed by atoms with Gasteiger partial charge in [0.25, 0.3) is 10.0 Å². The Morgan fingerprint density at radius 2 is 1.90 bits per heavy atom. The summed E-state index contributed by atoms with van der Waals surface area (Å²) >= 11 is 6.00. The quantitative estimate of drug-likeness (QED) is 0.846. The highest BCUT2D eigenvalue weighted by atomic mass is 35.5.